The van der Waals surface area contributed by atoms with Gasteiger partial charge in [0.2, 0.25) is 6.40 Å². The monoisotopic (exact) mass is 898 g/mol. The van der Waals surface area contributed by atoms with E-state index in [1.54, 1.807) is 6.07 Å². The quantitative estimate of drug-likeness (QED) is 0.0154. The third kappa shape index (κ3) is 13.1. The molecule has 4 aromatic carbocycles. The topological polar surface area (TPSA) is 404 Å². The molecule has 0 bridgehead atoms. The van der Waals surface area contributed by atoms with Crippen LogP contribution in [0.25, 0.3) is 0 Å². The standard InChI is InChI=1S/C30H30N10O15S4/c31-17-53-40-21-3-1-2-20(16-21)36-38-28-24(30(41)42)27(37-34-18-4-8-22(9-5-18)56(43,44)14-12-54-58(47,48)49)25(32)29(26(28)33)39-35-19-6-10-23(11-7-19)57(45,46)15-13-55-59(50,51)52/h1-11,16-17,31,40H,12-15,32-33H2,(H,41,42)(H,47,48,49)(H,50,51,52). The summed E-state index contributed by atoms with van der Waals surface area (Å²) in [6, 6.07) is 15.1. The van der Waals surface area contributed by atoms with E-state index in [1.807, 2.05) is 0 Å². The Labute approximate surface area is 334 Å². The van der Waals surface area contributed by atoms with Gasteiger partial charge in [0, 0.05) is 0 Å². The number of nitrogens with one attached hydrogen (secondary N) is 2. The van der Waals surface area contributed by atoms with Crippen LogP contribution >= 0.6 is 0 Å². The minimum Gasteiger partial charge on any atom is -0.478 e. The molecule has 0 spiro atoms. The van der Waals surface area contributed by atoms with E-state index in [4.69, 9.17) is 30.8 Å². The number of nitrogens with two attached hydrogens (primary N) is 2. The van der Waals surface area contributed by atoms with E-state index < -0.39 is 99.5 Å². The molecule has 9 N–H and O–H groups in total. The highest BCUT2D eigenvalue weighted by Gasteiger charge is 2.27. The predicted octanol–water partition coefficient (Wildman–Crippen LogP) is 4.93. The molecule has 0 aromatic heterocycles. The van der Waals surface area contributed by atoms with Crippen LogP contribution in [-0.2, 0) is 53.7 Å². The lowest BCUT2D eigenvalue weighted by molar-refractivity contribution is 0.0698. The van der Waals surface area contributed by atoms with Crippen LogP contribution in [0.4, 0.5) is 51.2 Å². The molecular formula is C30H30N10O15S4. The van der Waals surface area contributed by atoms with Crippen molar-refractivity contribution in [2.75, 3.05) is 41.7 Å². The van der Waals surface area contributed by atoms with Crippen LogP contribution in [0, 0.1) is 5.41 Å². The fraction of sp³-hybridized carbons (Fsp3) is 0.133. The van der Waals surface area contributed by atoms with Gasteiger partial charge in [-0.15, -0.1) is 15.3 Å². The number of nitrogens with zero attached hydrogens (tertiary/aromatic N) is 6. The summed E-state index contributed by atoms with van der Waals surface area (Å²) in [4.78, 5) is 16.9. The number of carbonyl (C=O) groups is 1. The summed E-state index contributed by atoms with van der Waals surface area (Å²) >= 11 is 0. The molecule has 0 radical (unpaired) electrons. The maximum Gasteiger partial charge on any atom is 0.397 e. The van der Waals surface area contributed by atoms with E-state index >= 15 is 0 Å². The number of benzene rings is 4. The van der Waals surface area contributed by atoms with Crippen molar-refractivity contribution in [2.45, 2.75) is 9.79 Å². The number of nitrogen functional groups attached to an aromatic ring is 2. The van der Waals surface area contributed by atoms with Gasteiger partial charge in [0.25, 0.3) is 0 Å². The molecule has 4 aromatic rings. The van der Waals surface area contributed by atoms with Crippen molar-refractivity contribution in [2.24, 2.45) is 30.7 Å². The predicted molar refractivity (Wildman–Crippen MR) is 207 cm³/mol. The summed E-state index contributed by atoms with van der Waals surface area (Å²) < 4.78 is 119. The second kappa shape index (κ2) is 18.9. The summed E-state index contributed by atoms with van der Waals surface area (Å²) in [5.41, 5.74) is 12.5. The summed E-state index contributed by atoms with van der Waals surface area (Å²) in [7, 11) is -17.9. The lowest BCUT2D eigenvalue weighted by atomic mass is 10.1. The van der Waals surface area contributed by atoms with Gasteiger partial charge < -0.3 is 21.4 Å². The zero-order valence-electron chi connectivity index (χ0n) is 29.5. The maximum atomic E-state index is 12.7. The molecule has 29 heteroatoms. The van der Waals surface area contributed by atoms with Gasteiger partial charge in [0.05, 0.1) is 68.6 Å². The smallest absolute Gasteiger partial charge is 0.397 e. The van der Waals surface area contributed by atoms with Gasteiger partial charge in [-0.1, -0.05) is 6.07 Å². The highest BCUT2D eigenvalue weighted by Crippen LogP contribution is 2.49. The van der Waals surface area contributed by atoms with Crippen molar-refractivity contribution in [1.82, 2.24) is 0 Å². The van der Waals surface area contributed by atoms with Crippen LogP contribution in [0.2, 0.25) is 0 Å². The molecule has 0 aliphatic rings. The number of hydrogen-bond acceptors (Lipinski definition) is 22. The van der Waals surface area contributed by atoms with Gasteiger partial charge in [-0.05, 0) is 66.7 Å². The molecule has 59 heavy (non-hydrogen) atoms. The lowest BCUT2D eigenvalue weighted by Crippen LogP contribution is -2.15. The molecule has 0 heterocycles. The van der Waals surface area contributed by atoms with Crippen molar-refractivity contribution >= 4 is 104 Å². The van der Waals surface area contributed by atoms with Gasteiger partial charge in [0.15, 0.2) is 19.7 Å². The lowest BCUT2D eigenvalue weighted by Gasteiger charge is -2.13. The first-order valence-electron chi connectivity index (χ1n) is 15.7. The average molecular weight is 899 g/mol. The maximum absolute atomic E-state index is 12.7. The van der Waals surface area contributed by atoms with E-state index in [2.05, 4.69) is 44.5 Å². The molecule has 0 fully saturated rings. The number of hydrogen-bond donors (Lipinski definition) is 7. The zero-order chi connectivity index (χ0) is 43.6. The molecule has 0 atom stereocenters. The number of sulfone groups is 2. The third-order valence-electron chi connectivity index (χ3n) is 7.15. The number of anilines is 3. The van der Waals surface area contributed by atoms with Crippen molar-refractivity contribution in [1.29, 1.82) is 5.41 Å². The number of azo groups is 3. The van der Waals surface area contributed by atoms with Gasteiger partial charge >= 0.3 is 26.8 Å². The van der Waals surface area contributed by atoms with Gasteiger partial charge in [-0.25, -0.2) is 35.5 Å². The zero-order valence-corrected chi connectivity index (χ0v) is 32.8. The van der Waals surface area contributed by atoms with Gasteiger partial charge in [-0.3, -0.25) is 14.5 Å². The Bertz CT molecular complexity index is 2770. The first kappa shape index (κ1) is 45.4. The minimum atomic E-state index is -4.88. The third-order valence-corrected chi connectivity index (χ3v) is 11.5. The molecule has 0 aliphatic carbocycles. The molecule has 0 amide bonds. The summed E-state index contributed by atoms with van der Waals surface area (Å²) in [6.45, 7) is -1.73. The number of carboxylic acid groups (broad SMARTS) is 1. The van der Waals surface area contributed by atoms with Crippen LogP contribution < -0.4 is 16.9 Å². The van der Waals surface area contributed by atoms with Gasteiger partial charge in [-0.2, -0.15) is 32.2 Å². The normalized spacial score (nSPS) is 12.6. The van der Waals surface area contributed by atoms with Crippen LogP contribution in [0.1, 0.15) is 10.4 Å². The van der Waals surface area contributed by atoms with E-state index in [-0.39, 0.29) is 32.5 Å². The van der Waals surface area contributed by atoms with Crippen LogP contribution in [0.5, 0.6) is 0 Å². The highest BCUT2D eigenvalue weighted by molar-refractivity contribution is 7.91. The van der Waals surface area contributed by atoms with E-state index in [9.17, 15) is 43.6 Å². The van der Waals surface area contributed by atoms with Crippen molar-refractivity contribution < 1.29 is 65.9 Å². The van der Waals surface area contributed by atoms with E-state index in [0.29, 0.717) is 12.1 Å². The molecule has 25 nitrogen and oxygen atoms in total. The van der Waals surface area contributed by atoms with Gasteiger partial charge in [0.1, 0.15) is 22.6 Å². The van der Waals surface area contributed by atoms with E-state index in [1.165, 1.54) is 42.5 Å². The first-order valence-corrected chi connectivity index (χ1v) is 21.8. The second-order valence-electron chi connectivity index (χ2n) is 11.2. The van der Waals surface area contributed by atoms with Crippen molar-refractivity contribution in [3.05, 3.63) is 78.4 Å². The summed E-state index contributed by atoms with van der Waals surface area (Å²) in [5, 5.41) is 41.4. The first-order chi connectivity index (χ1) is 27.6. The average Bonchev–Trinajstić information content (AvgIpc) is 3.15. The molecular weight excluding hydrogens is 869 g/mol. The van der Waals surface area contributed by atoms with Crippen LogP contribution in [0.15, 0.2) is 113 Å². The second-order valence-corrected chi connectivity index (χ2v) is 17.6. The highest BCUT2D eigenvalue weighted by atomic mass is 32.3. The molecule has 0 saturated heterocycles. The Balaban J connectivity index is 1.77. The Morgan fingerprint density at radius 3 is 1.47 bits per heavy atom. The SMILES string of the molecule is N=CONc1cccc(N=Nc2c(N)c(N=Nc3ccc(S(=O)(=O)CCOS(=O)(=O)O)cc3)c(N)c(N=Nc3ccc(S(=O)(=O)CCOS(=O)(=O)O)cc3)c2C(=O)O)c1. The fourth-order valence-electron chi connectivity index (χ4n) is 4.50. The Hall–Kier alpha value is -6.34. The molecule has 0 aliphatic heterocycles. The molecule has 314 valence electrons. The Morgan fingerprint density at radius 1 is 0.644 bits per heavy atom. The van der Waals surface area contributed by atoms with Crippen LogP contribution in [-0.4, -0.2) is 85.0 Å². The Kier molecular flexibility index (Phi) is 14.6. The summed E-state index contributed by atoms with van der Waals surface area (Å²) in [5.74, 6) is -3.28. The number of carboxylic acids is 1. The molecule has 0 saturated carbocycles. The summed E-state index contributed by atoms with van der Waals surface area (Å²) in [6.07, 6.45) is 0.625. The van der Waals surface area contributed by atoms with Crippen LogP contribution in [0.3, 0.4) is 0 Å². The number of aromatic carboxylic acids is 1. The van der Waals surface area contributed by atoms with E-state index in [0.717, 1.165) is 24.3 Å². The molecule has 4 rings (SSSR count). The van der Waals surface area contributed by atoms with Crippen molar-refractivity contribution in [3.8, 4) is 0 Å². The minimum absolute atomic E-state index is 0.0154. The number of rotatable bonds is 20. The molecule has 0 unspecified atom stereocenters. The largest absolute Gasteiger partial charge is 0.478 e. The fourth-order valence-corrected chi connectivity index (χ4v) is 7.47. The van der Waals surface area contributed by atoms with Crippen molar-refractivity contribution in [3.63, 3.8) is 0 Å². The Morgan fingerprint density at radius 2 is 1.07 bits per heavy atom.